The van der Waals surface area contributed by atoms with Crippen molar-refractivity contribution in [1.82, 2.24) is 10.3 Å². The van der Waals surface area contributed by atoms with Crippen molar-refractivity contribution in [2.24, 2.45) is 0 Å². The van der Waals surface area contributed by atoms with Gasteiger partial charge in [-0.1, -0.05) is 19.9 Å². The summed E-state index contributed by atoms with van der Waals surface area (Å²) >= 11 is 0. The van der Waals surface area contributed by atoms with E-state index in [1.165, 1.54) is 12.0 Å². The monoisotopic (exact) mass is 221 g/mol. The summed E-state index contributed by atoms with van der Waals surface area (Å²) in [6.45, 7) is 7.39. The molecule has 0 aliphatic carbocycles. The predicted octanol–water partition coefficient (Wildman–Crippen LogP) is 2.43. The third kappa shape index (κ3) is 3.81. The predicted molar refractivity (Wildman–Crippen MR) is 69.8 cm³/mol. The number of nitrogens with zero attached hydrogens (tertiary/aromatic N) is 2. The van der Waals surface area contributed by atoms with Crippen molar-refractivity contribution < 1.29 is 0 Å². The maximum absolute atomic E-state index is 4.46. The van der Waals surface area contributed by atoms with Gasteiger partial charge >= 0.3 is 0 Å². The van der Waals surface area contributed by atoms with Crippen molar-refractivity contribution in [1.29, 1.82) is 0 Å². The lowest BCUT2D eigenvalue weighted by Crippen LogP contribution is -2.23. The van der Waals surface area contributed by atoms with Crippen molar-refractivity contribution in [3.05, 3.63) is 23.9 Å². The second kappa shape index (κ2) is 7.23. The number of rotatable bonds is 7. The Morgan fingerprint density at radius 3 is 2.81 bits per heavy atom. The van der Waals surface area contributed by atoms with E-state index < -0.39 is 0 Å². The molecule has 0 saturated carbocycles. The summed E-state index contributed by atoms with van der Waals surface area (Å²) in [4.78, 5) is 6.69. The molecule has 0 spiro atoms. The van der Waals surface area contributed by atoms with E-state index in [9.17, 15) is 0 Å². The molecule has 0 aliphatic heterocycles. The highest BCUT2D eigenvalue weighted by Crippen LogP contribution is 2.15. The first-order valence-corrected chi connectivity index (χ1v) is 6.15. The van der Waals surface area contributed by atoms with Crippen molar-refractivity contribution in [2.45, 2.75) is 33.2 Å². The zero-order chi connectivity index (χ0) is 11.8. The van der Waals surface area contributed by atoms with E-state index in [0.29, 0.717) is 0 Å². The number of hydrogen-bond acceptors (Lipinski definition) is 3. The zero-order valence-electron chi connectivity index (χ0n) is 10.7. The van der Waals surface area contributed by atoms with Crippen LogP contribution in [-0.4, -0.2) is 25.1 Å². The first kappa shape index (κ1) is 13.0. The van der Waals surface area contributed by atoms with Crippen molar-refractivity contribution in [2.75, 3.05) is 25.0 Å². The van der Waals surface area contributed by atoms with Gasteiger partial charge in [0.15, 0.2) is 0 Å². The minimum Gasteiger partial charge on any atom is -0.359 e. The molecule has 0 atom stereocenters. The van der Waals surface area contributed by atoms with Crippen LogP contribution in [-0.2, 0) is 6.54 Å². The molecule has 0 aromatic carbocycles. The summed E-state index contributed by atoms with van der Waals surface area (Å²) in [5, 5.41) is 3.42. The molecular weight excluding hydrogens is 198 g/mol. The molecule has 0 aliphatic rings. The van der Waals surface area contributed by atoms with Crippen LogP contribution < -0.4 is 10.2 Å². The summed E-state index contributed by atoms with van der Waals surface area (Å²) in [5.74, 6) is 1.10. The van der Waals surface area contributed by atoms with Gasteiger partial charge in [-0.25, -0.2) is 4.98 Å². The number of hydrogen-bond donors (Lipinski definition) is 1. The Balaban J connectivity index is 2.67. The highest BCUT2D eigenvalue weighted by molar-refractivity contribution is 5.45. The van der Waals surface area contributed by atoms with Crippen molar-refractivity contribution in [3.63, 3.8) is 0 Å². The minimum absolute atomic E-state index is 0.908. The molecule has 1 aromatic rings. The van der Waals surface area contributed by atoms with Gasteiger partial charge in [0.2, 0.25) is 0 Å². The molecule has 0 bridgehead atoms. The van der Waals surface area contributed by atoms with Crippen LogP contribution in [0.15, 0.2) is 18.3 Å². The molecule has 90 valence electrons. The number of aromatic nitrogens is 1. The minimum atomic E-state index is 0.908. The third-order valence-corrected chi connectivity index (χ3v) is 2.53. The Hall–Kier alpha value is -1.09. The fourth-order valence-corrected chi connectivity index (χ4v) is 1.75. The van der Waals surface area contributed by atoms with Crippen LogP contribution >= 0.6 is 0 Å². The standard InChI is InChI=1S/C13H23N3/c1-4-8-14-11-12-7-6-9-15-13(12)16(3)10-5-2/h6-7,9,14H,4-5,8,10-11H2,1-3H3. The van der Waals surface area contributed by atoms with Gasteiger partial charge in [0.05, 0.1) is 0 Å². The molecule has 0 amide bonds. The summed E-state index contributed by atoms with van der Waals surface area (Å²) in [7, 11) is 2.11. The largest absolute Gasteiger partial charge is 0.359 e. The van der Waals surface area contributed by atoms with Crippen LogP contribution in [0.25, 0.3) is 0 Å². The van der Waals surface area contributed by atoms with Gasteiger partial charge in [-0.3, -0.25) is 0 Å². The van der Waals surface area contributed by atoms with Gasteiger partial charge in [-0.15, -0.1) is 0 Å². The molecule has 3 nitrogen and oxygen atoms in total. The van der Waals surface area contributed by atoms with Crippen LogP contribution in [0.3, 0.4) is 0 Å². The second-order valence-electron chi connectivity index (χ2n) is 4.08. The van der Waals surface area contributed by atoms with E-state index in [4.69, 9.17) is 0 Å². The van der Waals surface area contributed by atoms with Gasteiger partial charge in [0.25, 0.3) is 0 Å². The molecule has 1 rings (SSSR count). The average Bonchev–Trinajstić information content (AvgIpc) is 2.30. The van der Waals surface area contributed by atoms with Crippen LogP contribution in [0.2, 0.25) is 0 Å². The zero-order valence-corrected chi connectivity index (χ0v) is 10.7. The second-order valence-corrected chi connectivity index (χ2v) is 4.08. The topological polar surface area (TPSA) is 28.2 Å². The van der Waals surface area contributed by atoms with Crippen LogP contribution in [0.4, 0.5) is 5.82 Å². The van der Waals surface area contributed by atoms with Crippen molar-refractivity contribution >= 4 is 5.82 Å². The molecule has 1 heterocycles. The van der Waals surface area contributed by atoms with E-state index >= 15 is 0 Å². The lowest BCUT2D eigenvalue weighted by atomic mass is 10.2. The fraction of sp³-hybridized carbons (Fsp3) is 0.615. The molecule has 0 fully saturated rings. The smallest absolute Gasteiger partial charge is 0.132 e. The Kier molecular flexibility index (Phi) is 5.86. The van der Waals surface area contributed by atoms with Gasteiger partial charge in [0, 0.05) is 31.9 Å². The number of nitrogens with one attached hydrogen (secondary N) is 1. The first-order valence-electron chi connectivity index (χ1n) is 6.15. The lowest BCUT2D eigenvalue weighted by Gasteiger charge is -2.20. The van der Waals surface area contributed by atoms with Crippen molar-refractivity contribution in [3.8, 4) is 0 Å². The van der Waals surface area contributed by atoms with Crippen LogP contribution in [0.1, 0.15) is 32.3 Å². The van der Waals surface area contributed by atoms with Crippen LogP contribution in [0.5, 0.6) is 0 Å². The maximum atomic E-state index is 4.46. The summed E-state index contributed by atoms with van der Waals surface area (Å²) in [6, 6.07) is 4.16. The average molecular weight is 221 g/mol. The highest BCUT2D eigenvalue weighted by atomic mass is 15.2. The Bertz CT molecular complexity index is 299. The van der Waals surface area contributed by atoms with Gasteiger partial charge in [-0.2, -0.15) is 0 Å². The van der Waals surface area contributed by atoms with Crippen LogP contribution in [0, 0.1) is 0 Å². The molecule has 1 aromatic heterocycles. The van der Waals surface area contributed by atoms with Gasteiger partial charge in [-0.05, 0) is 25.5 Å². The van der Waals surface area contributed by atoms with E-state index in [1.807, 2.05) is 12.3 Å². The Morgan fingerprint density at radius 1 is 1.31 bits per heavy atom. The Morgan fingerprint density at radius 2 is 2.12 bits per heavy atom. The molecule has 16 heavy (non-hydrogen) atoms. The summed E-state index contributed by atoms with van der Waals surface area (Å²) in [6.07, 6.45) is 4.18. The lowest BCUT2D eigenvalue weighted by molar-refractivity contribution is 0.671. The normalized spacial score (nSPS) is 10.4. The third-order valence-electron chi connectivity index (χ3n) is 2.53. The van der Waals surface area contributed by atoms with E-state index in [0.717, 1.165) is 31.9 Å². The molecular formula is C13H23N3. The van der Waals surface area contributed by atoms with Gasteiger partial charge in [0.1, 0.15) is 5.82 Å². The molecule has 0 saturated heterocycles. The molecule has 1 N–H and O–H groups in total. The quantitative estimate of drug-likeness (QED) is 0.717. The maximum Gasteiger partial charge on any atom is 0.132 e. The SMILES string of the molecule is CCCNCc1cccnc1N(C)CCC. The summed E-state index contributed by atoms with van der Waals surface area (Å²) in [5.41, 5.74) is 1.28. The highest BCUT2D eigenvalue weighted by Gasteiger charge is 2.06. The fourth-order valence-electron chi connectivity index (χ4n) is 1.75. The van der Waals surface area contributed by atoms with E-state index in [2.05, 4.69) is 42.2 Å². The number of pyridine rings is 1. The number of anilines is 1. The molecule has 3 heteroatoms. The van der Waals surface area contributed by atoms with E-state index in [1.54, 1.807) is 0 Å². The van der Waals surface area contributed by atoms with Gasteiger partial charge < -0.3 is 10.2 Å². The molecule has 0 unspecified atom stereocenters. The Labute approximate surface area is 98.9 Å². The van der Waals surface area contributed by atoms with E-state index in [-0.39, 0.29) is 0 Å². The first-order chi connectivity index (χ1) is 7.79. The summed E-state index contributed by atoms with van der Waals surface area (Å²) < 4.78 is 0. The molecule has 0 radical (unpaired) electrons.